The molecule has 3 nitrogen and oxygen atoms in total. The molecule has 100 valence electrons. The SMILES string of the molecule is CC(N)=Nc1ccc2sc(-c3cccc(F)c3)nc2c1. The number of hydrogen-bond acceptors (Lipinski definition) is 3. The number of thiazole rings is 1. The van der Waals surface area contributed by atoms with E-state index in [-0.39, 0.29) is 5.82 Å². The zero-order valence-electron chi connectivity index (χ0n) is 10.8. The molecule has 1 aromatic heterocycles. The van der Waals surface area contributed by atoms with Gasteiger partial charge < -0.3 is 5.73 Å². The van der Waals surface area contributed by atoms with Crippen LogP contribution in [0.25, 0.3) is 20.8 Å². The highest BCUT2D eigenvalue weighted by Gasteiger charge is 2.07. The number of aliphatic imine (C=N–C) groups is 1. The fourth-order valence-electron chi connectivity index (χ4n) is 1.93. The first-order chi connectivity index (χ1) is 9.61. The smallest absolute Gasteiger partial charge is 0.124 e. The van der Waals surface area contributed by atoms with E-state index in [4.69, 9.17) is 5.73 Å². The Balaban J connectivity index is 2.09. The third kappa shape index (κ3) is 2.53. The van der Waals surface area contributed by atoms with Gasteiger partial charge in [-0.25, -0.2) is 14.4 Å². The van der Waals surface area contributed by atoms with Crippen LogP contribution in [0.4, 0.5) is 10.1 Å². The summed E-state index contributed by atoms with van der Waals surface area (Å²) >= 11 is 1.53. The number of aromatic nitrogens is 1. The summed E-state index contributed by atoms with van der Waals surface area (Å²) < 4.78 is 14.3. The average Bonchev–Trinajstić information content (AvgIpc) is 2.81. The van der Waals surface area contributed by atoms with Crippen molar-refractivity contribution in [2.75, 3.05) is 0 Å². The number of benzene rings is 2. The molecule has 0 saturated heterocycles. The average molecular weight is 285 g/mol. The molecule has 0 spiro atoms. The lowest BCUT2D eigenvalue weighted by Crippen LogP contribution is -2.03. The zero-order valence-corrected chi connectivity index (χ0v) is 11.6. The third-order valence-electron chi connectivity index (χ3n) is 2.75. The van der Waals surface area contributed by atoms with Gasteiger partial charge >= 0.3 is 0 Å². The van der Waals surface area contributed by atoms with Crippen molar-refractivity contribution in [3.63, 3.8) is 0 Å². The number of rotatable bonds is 2. The van der Waals surface area contributed by atoms with E-state index in [1.807, 2.05) is 24.3 Å². The molecule has 0 fully saturated rings. The van der Waals surface area contributed by atoms with Gasteiger partial charge in [-0.15, -0.1) is 11.3 Å². The second-order valence-electron chi connectivity index (χ2n) is 4.43. The lowest BCUT2D eigenvalue weighted by atomic mass is 10.2. The lowest BCUT2D eigenvalue weighted by molar-refractivity contribution is 0.628. The number of nitrogens with zero attached hydrogens (tertiary/aromatic N) is 2. The lowest BCUT2D eigenvalue weighted by Gasteiger charge is -1.94. The molecule has 5 heteroatoms. The molecule has 0 radical (unpaired) electrons. The molecule has 0 amide bonds. The summed E-state index contributed by atoms with van der Waals surface area (Å²) in [7, 11) is 0. The maximum Gasteiger partial charge on any atom is 0.124 e. The van der Waals surface area contributed by atoms with Crippen molar-refractivity contribution >= 4 is 33.1 Å². The Hall–Kier alpha value is -2.27. The summed E-state index contributed by atoms with van der Waals surface area (Å²) in [6.45, 7) is 1.74. The Morgan fingerprint density at radius 2 is 2.10 bits per heavy atom. The predicted molar refractivity (Wildman–Crippen MR) is 82.0 cm³/mol. The fraction of sp³-hybridized carbons (Fsp3) is 0.0667. The van der Waals surface area contributed by atoms with Crippen LogP contribution < -0.4 is 5.73 Å². The van der Waals surface area contributed by atoms with E-state index < -0.39 is 0 Å². The fourth-order valence-corrected chi connectivity index (χ4v) is 2.88. The molecule has 0 atom stereocenters. The second kappa shape index (κ2) is 5.02. The van der Waals surface area contributed by atoms with Gasteiger partial charge in [-0.05, 0) is 37.3 Å². The number of nitrogens with two attached hydrogens (primary N) is 1. The highest BCUT2D eigenvalue weighted by atomic mass is 32.1. The molecule has 0 bridgehead atoms. The Labute approximate surface area is 119 Å². The third-order valence-corrected chi connectivity index (χ3v) is 3.83. The van der Waals surface area contributed by atoms with Crippen molar-refractivity contribution in [2.45, 2.75) is 6.92 Å². The van der Waals surface area contributed by atoms with Gasteiger partial charge in [0.05, 0.1) is 21.7 Å². The van der Waals surface area contributed by atoms with E-state index in [1.54, 1.807) is 13.0 Å². The molecule has 3 rings (SSSR count). The van der Waals surface area contributed by atoms with E-state index >= 15 is 0 Å². The minimum absolute atomic E-state index is 0.259. The molecule has 20 heavy (non-hydrogen) atoms. The summed E-state index contributed by atoms with van der Waals surface area (Å²) in [5.74, 6) is 0.246. The van der Waals surface area contributed by atoms with Crippen LogP contribution in [0, 0.1) is 5.82 Å². The van der Waals surface area contributed by atoms with Gasteiger partial charge in [0.15, 0.2) is 0 Å². The van der Waals surface area contributed by atoms with Crippen molar-refractivity contribution in [1.82, 2.24) is 4.98 Å². The molecule has 1 heterocycles. The van der Waals surface area contributed by atoms with Crippen LogP contribution in [0.5, 0.6) is 0 Å². The van der Waals surface area contributed by atoms with Crippen LogP contribution in [0.2, 0.25) is 0 Å². The maximum absolute atomic E-state index is 13.3. The molecule has 2 aromatic carbocycles. The van der Waals surface area contributed by atoms with Crippen LogP contribution >= 0.6 is 11.3 Å². The van der Waals surface area contributed by atoms with Gasteiger partial charge in [0.2, 0.25) is 0 Å². The molecule has 0 aliphatic heterocycles. The highest BCUT2D eigenvalue weighted by molar-refractivity contribution is 7.21. The summed E-state index contributed by atoms with van der Waals surface area (Å²) in [4.78, 5) is 8.74. The van der Waals surface area contributed by atoms with Crippen LogP contribution in [0.3, 0.4) is 0 Å². The molecule has 3 aromatic rings. The first-order valence-corrected chi connectivity index (χ1v) is 6.91. The minimum Gasteiger partial charge on any atom is -0.387 e. The van der Waals surface area contributed by atoms with Gasteiger partial charge in [0.25, 0.3) is 0 Å². The largest absolute Gasteiger partial charge is 0.387 e. The van der Waals surface area contributed by atoms with Gasteiger partial charge in [-0.1, -0.05) is 12.1 Å². The summed E-state index contributed by atoms with van der Waals surface area (Å²) in [5.41, 5.74) is 7.97. The van der Waals surface area contributed by atoms with Crippen molar-refractivity contribution in [3.8, 4) is 10.6 Å². The van der Waals surface area contributed by atoms with Gasteiger partial charge in [-0.3, -0.25) is 0 Å². The van der Waals surface area contributed by atoms with Crippen molar-refractivity contribution in [1.29, 1.82) is 0 Å². The minimum atomic E-state index is -0.259. The predicted octanol–water partition coefficient (Wildman–Crippen LogP) is 4.11. The normalized spacial score (nSPS) is 12.0. The quantitative estimate of drug-likeness (QED) is 0.569. The van der Waals surface area contributed by atoms with Gasteiger partial charge in [0, 0.05) is 5.56 Å². The first kappa shape index (κ1) is 12.7. The van der Waals surface area contributed by atoms with Crippen LogP contribution in [-0.4, -0.2) is 10.8 Å². The van der Waals surface area contributed by atoms with E-state index in [1.165, 1.54) is 23.5 Å². The summed E-state index contributed by atoms with van der Waals surface area (Å²) in [5, 5.41) is 0.796. The van der Waals surface area contributed by atoms with Crippen LogP contribution in [0.1, 0.15) is 6.92 Å². The maximum atomic E-state index is 13.3. The summed E-state index contributed by atoms with van der Waals surface area (Å²) in [6, 6.07) is 12.2. The number of hydrogen-bond donors (Lipinski definition) is 1. The highest BCUT2D eigenvalue weighted by Crippen LogP contribution is 2.32. The van der Waals surface area contributed by atoms with E-state index in [0.29, 0.717) is 5.84 Å². The number of halogens is 1. The molecule has 0 aliphatic carbocycles. The monoisotopic (exact) mass is 285 g/mol. The molecule has 2 N–H and O–H groups in total. The number of amidine groups is 1. The number of fused-ring (bicyclic) bond motifs is 1. The Morgan fingerprint density at radius 3 is 2.85 bits per heavy atom. The van der Waals surface area contributed by atoms with E-state index in [0.717, 1.165) is 26.5 Å². The molecule has 0 aliphatic rings. The van der Waals surface area contributed by atoms with Crippen LogP contribution in [0.15, 0.2) is 47.5 Å². The molecule has 0 unspecified atom stereocenters. The molecular weight excluding hydrogens is 273 g/mol. The summed E-state index contributed by atoms with van der Waals surface area (Å²) in [6.07, 6.45) is 0. The Kier molecular flexibility index (Phi) is 3.20. The van der Waals surface area contributed by atoms with E-state index in [9.17, 15) is 4.39 Å². The topological polar surface area (TPSA) is 51.3 Å². The van der Waals surface area contributed by atoms with Crippen molar-refractivity contribution < 1.29 is 4.39 Å². The van der Waals surface area contributed by atoms with Crippen molar-refractivity contribution in [2.24, 2.45) is 10.7 Å². The Morgan fingerprint density at radius 1 is 1.25 bits per heavy atom. The van der Waals surface area contributed by atoms with Gasteiger partial charge in [-0.2, -0.15) is 0 Å². The second-order valence-corrected chi connectivity index (χ2v) is 5.47. The molecular formula is C15H12FN3S. The van der Waals surface area contributed by atoms with E-state index in [2.05, 4.69) is 9.98 Å². The standard InChI is InChI=1S/C15H12FN3S/c1-9(17)18-12-5-6-14-13(8-12)19-15(20-14)10-3-2-4-11(16)7-10/h2-8H,1H3,(H2,17,18). The van der Waals surface area contributed by atoms with Gasteiger partial charge in [0.1, 0.15) is 10.8 Å². The first-order valence-electron chi connectivity index (χ1n) is 6.09. The Bertz CT molecular complexity index is 804. The van der Waals surface area contributed by atoms with Crippen molar-refractivity contribution in [3.05, 3.63) is 48.3 Å². The zero-order chi connectivity index (χ0) is 14.1. The molecule has 0 saturated carbocycles. The van der Waals surface area contributed by atoms with Crippen LogP contribution in [-0.2, 0) is 0 Å².